The van der Waals surface area contributed by atoms with Gasteiger partial charge in [-0.3, -0.25) is 4.90 Å². The number of carbonyl (C=O) groups excluding carboxylic acids is 1. The molecule has 2 aromatic carbocycles. The third-order valence-corrected chi connectivity index (χ3v) is 5.17. The lowest BCUT2D eigenvalue weighted by atomic mass is 9.91. The molecule has 2 unspecified atom stereocenters. The first kappa shape index (κ1) is 15.5. The van der Waals surface area contributed by atoms with Crippen molar-refractivity contribution in [2.75, 3.05) is 25.0 Å². The second kappa shape index (κ2) is 6.46. The van der Waals surface area contributed by atoms with E-state index in [1.807, 2.05) is 53.4 Å². The van der Waals surface area contributed by atoms with E-state index < -0.39 is 0 Å². The molecule has 4 nitrogen and oxygen atoms in total. The van der Waals surface area contributed by atoms with Gasteiger partial charge in [-0.2, -0.15) is 0 Å². The second-order valence-electron chi connectivity index (χ2n) is 6.59. The number of urea groups is 1. The molecular weight excluding hydrogens is 322 g/mol. The molecule has 0 spiro atoms. The lowest BCUT2D eigenvalue weighted by Gasteiger charge is -2.43. The van der Waals surface area contributed by atoms with Crippen molar-refractivity contribution in [3.63, 3.8) is 0 Å². The molecule has 2 amide bonds. The lowest BCUT2D eigenvalue weighted by Crippen LogP contribution is -2.54. The minimum Gasteiger partial charge on any atom is -0.323 e. The van der Waals surface area contributed by atoms with Gasteiger partial charge in [0.15, 0.2) is 0 Å². The summed E-state index contributed by atoms with van der Waals surface area (Å²) in [4.78, 5) is 16.8. The van der Waals surface area contributed by atoms with Gasteiger partial charge in [0.25, 0.3) is 0 Å². The molecule has 124 valence electrons. The zero-order valence-corrected chi connectivity index (χ0v) is 14.1. The number of rotatable bonds is 3. The standard InChI is InChI=1S/C19H20ClN3O/c20-16-6-4-5-14(9-16)10-22-11-15-12-23(13-18(15)22)19(24)21-17-7-2-1-3-8-17/h1-9,15,18H,10-13H2,(H,21,24). The Bertz CT molecular complexity index is 736. The summed E-state index contributed by atoms with van der Waals surface area (Å²) in [6.45, 7) is 3.58. The van der Waals surface area contributed by atoms with E-state index in [0.717, 1.165) is 36.9 Å². The molecule has 0 aliphatic carbocycles. The molecular formula is C19H20ClN3O. The van der Waals surface area contributed by atoms with Gasteiger partial charge in [0.05, 0.1) is 0 Å². The Kier molecular flexibility index (Phi) is 4.17. The van der Waals surface area contributed by atoms with Crippen molar-refractivity contribution < 1.29 is 4.79 Å². The van der Waals surface area contributed by atoms with Crippen molar-refractivity contribution in [1.82, 2.24) is 9.80 Å². The number of likely N-dealkylation sites (tertiary alicyclic amines) is 2. The predicted octanol–water partition coefficient (Wildman–Crippen LogP) is 3.69. The first-order valence-electron chi connectivity index (χ1n) is 8.28. The van der Waals surface area contributed by atoms with Crippen LogP contribution in [0, 0.1) is 5.92 Å². The zero-order valence-electron chi connectivity index (χ0n) is 13.4. The molecule has 0 aromatic heterocycles. The van der Waals surface area contributed by atoms with Gasteiger partial charge in [-0.1, -0.05) is 41.9 Å². The molecule has 1 N–H and O–H groups in total. The topological polar surface area (TPSA) is 35.6 Å². The van der Waals surface area contributed by atoms with Gasteiger partial charge < -0.3 is 10.2 Å². The third-order valence-electron chi connectivity index (χ3n) is 4.93. The summed E-state index contributed by atoms with van der Waals surface area (Å²) in [6, 6.07) is 18.1. The highest BCUT2D eigenvalue weighted by Gasteiger charge is 2.46. The monoisotopic (exact) mass is 341 g/mol. The van der Waals surface area contributed by atoms with Crippen molar-refractivity contribution in [2.24, 2.45) is 5.92 Å². The normalized spacial score (nSPS) is 22.8. The van der Waals surface area contributed by atoms with Crippen molar-refractivity contribution in [3.8, 4) is 0 Å². The highest BCUT2D eigenvalue weighted by atomic mass is 35.5. The van der Waals surface area contributed by atoms with E-state index in [2.05, 4.69) is 16.3 Å². The average Bonchev–Trinajstić information content (AvgIpc) is 2.91. The van der Waals surface area contributed by atoms with E-state index in [-0.39, 0.29) is 6.03 Å². The van der Waals surface area contributed by atoms with Crippen molar-refractivity contribution >= 4 is 23.3 Å². The number of fused-ring (bicyclic) bond motifs is 1. The molecule has 2 saturated heterocycles. The van der Waals surface area contributed by atoms with Crippen LogP contribution in [0.2, 0.25) is 5.02 Å². The third kappa shape index (κ3) is 3.12. The molecule has 2 fully saturated rings. The van der Waals surface area contributed by atoms with Crippen LogP contribution in [0.15, 0.2) is 54.6 Å². The number of benzene rings is 2. The van der Waals surface area contributed by atoms with E-state index in [1.165, 1.54) is 5.56 Å². The van der Waals surface area contributed by atoms with Gasteiger partial charge in [0.1, 0.15) is 0 Å². The summed E-state index contributed by atoms with van der Waals surface area (Å²) < 4.78 is 0. The van der Waals surface area contributed by atoms with Gasteiger partial charge in [-0.05, 0) is 29.8 Å². The molecule has 0 radical (unpaired) electrons. The number of nitrogens with one attached hydrogen (secondary N) is 1. The molecule has 2 aliphatic rings. The molecule has 2 aromatic rings. The summed E-state index contributed by atoms with van der Waals surface area (Å²) >= 11 is 6.06. The highest BCUT2D eigenvalue weighted by Crippen LogP contribution is 2.34. The maximum Gasteiger partial charge on any atom is 0.321 e. The first-order valence-corrected chi connectivity index (χ1v) is 8.66. The maximum atomic E-state index is 12.4. The Hall–Kier alpha value is -2.04. The highest BCUT2D eigenvalue weighted by molar-refractivity contribution is 6.30. The van der Waals surface area contributed by atoms with Crippen LogP contribution in [0.5, 0.6) is 0 Å². The Labute approximate surface area is 147 Å². The molecule has 5 heteroatoms. The first-order chi connectivity index (χ1) is 11.7. The van der Waals surface area contributed by atoms with Crippen molar-refractivity contribution in [1.29, 1.82) is 0 Å². The fraction of sp³-hybridized carbons (Fsp3) is 0.316. The Morgan fingerprint density at radius 2 is 1.92 bits per heavy atom. The molecule has 0 bridgehead atoms. The van der Waals surface area contributed by atoms with Crippen LogP contribution in [0.1, 0.15) is 5.56 Å². The van der Waals surface area contributed by atoms with Gasteiger partial charge in [0.2, 0.25) is 0 Å². The molecule has 24 heavy (non-hydrogen) atoms. The molecule has 4 rings (SSSR count). The summed E-state index contributed by atoms with van der Waals surface area (Å²) in [7, 11) is 0. The van der Waals surface area contributed by atoms with E-state index in [9.17, 15) is 4.79 Å². The van der Waals surface area contributed by atoms with Crippen LogP contribution in [0.25, 0.3) is 0 Å². The number of anilines is 1. The van der Waals surface area contributed by atoms with Gasteiger partial charge in [0, 0.05) is 48.8 Å². The van der Waals surface area contributed by atoms with Crippen LogP contribution in [-0.2, 0) is 6.54 Å². The van der Waals surface area contributed by atoms with Crippen LogP contribution in [-0.4, -0.2) is 41.5 Å². The molecule has 0 saturated carbocycles. The van der Waals surface area contributed by atoms with Crippen LogP contribution >= 0.6 is 11.6 Å². The fourth-order valence-corrected chi connectivity index (χ4v) is 3.90. The van der Waals surface area contributed by atoms with E-state index in [1.54, 1.807) is 0 Å². The molecule has 2 aliphatic heterocycles. The SMILES string of the molecule is O=C(Nc1ccccc1)N1CC2CN(Cc3cccc(Cl)c3)C2C1. The van der Waals surface area contributed by atoms with Crippen LogP contribution in [0.4, 0.5) is 10.5 Å². The number of hydrogen-bond donors (Lipinski definition) is 1. The second-order valence-corrected chi connectivity index (χ2v) is 7.02. The maximum absolute atomic E-state index is 12.4. The van der Waals surface area contributed by atoms with Crippen molar-refractivity contribution in [3.05, 3.63) is 65.2 Å². The summed E-state index contributed by atoms with van der Waals surface area (Å²) in [5.74, 6) is 0.589. The Morgan fingerprint density at radius 1 is 1.08 bits per heavy atom. The number of para-hydroxylation sites is 1. The Balaban J connectivity index is 1.34. The van der Waals surface area contributed by atoms with E-state index >= 15 is 0 Å². The van der Waals surface area contributed by atoms with Crippen molar-refractivity contribution in [2.45, 2.75) is 12.6 Å². The molecule has 2 atom stereocenters. The quantitative estimate of drug-likeness (QED) is 0.924. The van der Waals surface area contributed by atoms with Gasteiger partial charge in [-0.15, -0.1) is 0 Å². The van der Waals surface area contributed by atoms with E-state index in [0.29, 0.717) is 12.0 Å². The smallest absolute Gasteiger partial charge is 0.321 e. The molecule has 2 heterocycles. The van der Waals surface area contributed by atoms with Crippen LogP contribution < -0.4 is 5.32 Å². The largest absolute Gasteiger partial charge is 0.323 e. The summed E-state index contributed by atoms with van der Waals surface area (Å²) in [5, 5.41) is 3.75. The zero-order chi connectivity index (χ0) is 16.5. The average molecular weight is 342 g/mol. The summed E-state index contributed by atoms with van der Waals surface area (Å²) in [6.07, 6.45) is 0. The van der Waals surface area contributed by atoms with Gasteiger partial charge >= 0.3 is 6.03 Å². The lowest BCUT2D eigenvalue weighted by molar-refractivity contribution is 0.0435. The van der Waals surface area contributed by atoms with Crippen LogP contribution in [0.3, 0.4) is 0 Å². The fourth-order valence-electron chi connectivity index (χ4n) is 3.69. The number of amides is 2. The Morgan fingerprint density at radius 3 is 2.71 bits per heavy atom. The number of hydrogen-bond acceptors (Lipinski definition) is 2. The van der Waals surface area contributed by atoms with E-state index in [4.69, 9.17) is 11.6 Å². The number of halogens is 1. The summed E-state index contributed by atoms with van der Waals surface area (Å²) in [5.41, 5.74) is 2.07. The van der Waals surface area contributed by atoms with Gasteiger partial charge in [-0.25, -0.2) is 4.79 Å². The minimum absolute atomic E-state index is 0.00157. The minimum atomic E-state index is -0.00157. The number of carbonyl (C=O) groups is 1. The number of nitrogens with zero attached hydrogens (tertiary/aromatic N) is 2. The predicted molar refractivity (Wildman–Crippen MR) is 96.2 cm³/mol.